The lowest BCUT2D eigenvalue weighted by Gasteiger charge is -2.46. The molecule has 1 heteroatoms. The van der Waals surface area contributed by atoms with Gasteiger partial charge in [0.15, 0.2) is 0 Å². The number of benzene rings is 1. The second-order valence-electron chi connectivity index (χ2n) is 6.40. The van der Waals surface area contributed by atoms with Crippen molar-refractivity contribution in [3.63, 3.8) is 0 Å². The number of rotatable bonds is 1. The standard InChI is InChI=1S/C15H18O/c1-10-6-14(8-12-9-15(12,14)7-10)11-2-4-13(16)5-3-11/h2-5,10,12,16H,6-9H2,1H3. The molecule has 1 N–H and O–H groups in total. The molecule has 1 nitrogen and oxygen atoms in total. The first kappa shape index (κ1) is 9.09. The Bertz CT molecular complexity index is 449. The fourth-order valence-corrected chi connectivity index (χ4v) is 5.05. The molecule has 84 valence electrons. The fourth-order valence-electron chi connectivity index (χ4n) is 5.05. The molecule has 3 saturated carbocycles. The minimum atomic E-state index is 0.395. The van der Waals surface area contributed by atoms with Crippen LogP contribution < -0.4 is 0 Å². The van der Waals surface area contributed by atoms with Crippen LogP contribution in [0.1, 0.15) is 38.2 Å². The molecule has 0 aliphatic heterocycles. The molecule has 3 aliphatic rings. The Morgan fingerprint density at radius 3 is 2.44 bits per heavy atom. The lowest BCUT2D eigenvalue weighted by atomic mass is 9.58. The van der Waals surface area contributed by atoms with E-state index >= 15 is 0 Å². The highest BCUT2D eigenvalue weighted by molar-refractivity contribution is 5.44. The maximum atomic E-state index is 9.39. The van der Waals surface area contributed by atoms with Crippen LogP contribution in [0, 0.1) is 17.3 Å². The number of hydrogen-bond acceptors (Lipinski definition) is 1. The van der Waals surface area contributed by atoms with E-state index < -0.39 is 0 Å². The van der Waals surface area contributed by atoms with Gasteiger partial charge >= 0.3 is 0 Å². The molecule has 4 unspecified atom stereocenters. The maximum absolute atomic E-state index is 9.39. The smallest absolute Gasteiger partial charge is 0.115 e. The molecule has 3 aliphatic carbocycles. The van der Waals surface area contributed by atoms with E-state index in [1.807, 2.05) is 12.1 Å². The van der Waals surface area contributed by atoms with Gasteiger partial charge in [-0.05, 0) is 60.6 Å². The first-order chi connectivity index (χ1) is 7.66. The molecule has 1 aromatic carbocycles. The zero-order chi connectivity index (χ0) is 11.0. The Morgan fingerprint density at radius 1 is 1.06 bits per heavy atom. The second kappa shape index (κ2) is 2.47. The largest absolute Gasteiger partial charge is 0.508 e. The normalized spacial score (nSPS) is 48.1. The number of aromatic hydroxyl groups is 1. The molecular weight excluding hydrogens is 196 g/mol. The van der Waals surface area contributed by atoms with Crippen molar-refractivity contribution in [1.29, 1.82) is 0 Å². The summed E-state index contributed by atoms with van der Waals surface area (Å²) in [4.78, 5) is 0. The first-order valence-electron chi connectivity index (χ1n) is 6.46. The van der Waals surface area contributed by atoms with Crippen LogP contribution in [0.5, 0.6) is 5.75 Å². The molecule has 0 radical (unpaired) electrons. The SMILES string of the molecule is CC1CC2(c3ccc(O)cc3)CC3CC32C1. The Kier molecular flexibility index (Phi) is 1.40. The summed E-state index contributed by atoms with van der Waals surface area (Å²) in [6.07, 6.45) is 5.69. The van der Waals surface area contributed by atoms with Crippen LogP contribution in [-0.2, 0) is 5.41 Å². The van der Waals surface area contributed by atoms with E-state index in [0.717, 1.165) is 11.8 Å². The molecule has 0 aromatic heterocycles. The number of phenolic OH excluding ortho intramolecular Hbond substituents is 1. The third-order valence-electron chi connectivity index (χ3n) is 5.61. The minimum Gasteiger partial charge on any atom is -0.508 e. The van der Waals surface area contributed by atoms with E-state index in [-0.39, 0.29) is 0 Å². The molecule has 0 saturated heterocycles. The Balaban J connectivity index is 1.80. The summed E-state index contributed by atoms with van der Waals surface area (Å²) in [6.45, 7) is 2.41. The van der Waals surface area contributed by atoms with Crippen molar-refractivity contribution in [2.75, 3.05) is 0 Å². The van der Waals surface area contributed by atoms with Crippen LogP contribution >= 0.6 is 0 Å². The number of phenols is 1. The van der Waals surface area contributed by atoms with E-state index in [2.05, 4.69) is 19.1 Å². The average molecular weight is 214 g/mol. The zero-order valence-corrected chi connectivity index (χ0v) is 9.74. The van der Waals surface area contributed by atoms with Crippen LogP contribution in [0.2, 0.25) is 0 Å². The van der Waals surface area contributed by atoms with Crippen LogP contribution in [0.4, 0.5) is 0 Å². The lowest BCUT2D eigenvalue weighted by molar-refractivity contribution is 0.141. The van der Waals surface area contributed by atoms with Crippen molar-refractivity contribution in [1.82, 2.24) is 0 Å². The maximum Gasteiger partial charge on any atom is 0.115 e. The molecule has 1 aromatic rings. The summed E-state index contributed by atoms with van der Waals surface area (Å²) < 4.78 is 0. The minimum absolute atomic E-state index is 0.395. The third-order valence-corrected chi connectivity index (χ3v) is 5.61. The van der Waals surface area contributed by atoms with Gasteiger partial charge in [0.25, 0.3) is 0 Å². The Labute approximate surface area is 96.5 Å². The van der Waals surface area contributed by atoms with E-state index in [9.17, 15) is 5.11 Å². The van der Waals surface area contributed by atoms with Gasteiger partial charge in [0, 0.05) is 5.41 Å². The number of hydrogen-bond donors (Lipinski definition) is 1. The van der Waals surface area contributed by atoms with Gasteiger partial charge in [0.2, 0.25) is 0 Å². The lowest BCUT2D eigenvalue weighted by Crippen LogP contribution is -2.42. The first-order valence-corrected chi connectivity index (χ1v) is 6.46. The highest BCUT2D eigenvalue weighted by atomic mass is 16.3. The summed E-state index contributed by atoms with van der Waals surface area (Å²) in [5.41, 5.74) is 2.66. The Morgan fingerprint density at radius 2 is 1.81 bits per heavy atom. The van der Waals surface area contributed by atoms with Crippen molar-refractivity contribution >= 4 is 0 Å². The van der Waals surface area contributed by atoms with Gasteiger partial charge in [-0.1, -0.05) is 19.1 Å². The zero-order valence-electron chi connectivity index (χ0n) is 9.74. The van der Waals surface area contributed by atoms with Crippen molar-refractivity contribution in [2.24, 2.45) is 17.3 Å². The van der Waals surface area contributed by atoms with E-state index in [1.54, 1.807) is 0 Å². The highest BCUT2D eigenvalue weighted by Gasteiger charge is 2.78. The predicted octanol–water partition coefficient (Wildman–Crippen LogP) is 3.47. The molecule has 3 fully saturated rings. The summed E-state index contributed by atoms with van der Waals surface area (Å²) in [5.74, 6) is 2.32. The van der Waals surface area contributed by atoms with Gasteiger partial charge in [-0.2, -0.15) is 0 Å². The van der Waals surface area contributed by atoms with E-state index in [4.69, 9.17) is 0 Å². The van der Waals surface area contributed by atoms with Gasteiger partial charge in [-0.15, -0.1) is 0 Å². The molecule has 0 amide bonds. The molecule has 1 spiro atoms. The van der Waals surface area contributed by atoms with Gasteiger partial charge in [-0.25, -0.2) is 0 Å². The summed E-state index contributed by atoms with van der Waals surface area (Å²) in [6, 6.07) is 8.03. The third kappa shape index (κ3) is 0.816. The quantitative estimate of drug-likeness (QED) is 0.759. The monoisotopic (exact) mass is 214 g/mol. The second-order valence-corrected chi connectivity index (χ2v) is 6.40. The average Bonchev–Trinajstić information content (AvgIpc) is 2.74. The fraction of sp³-hybridized carbons (Fsp3) is 0.600. The molecule has 4 atom stereocenters. The molecule has 4 rings (SSSR count). The van der Waals surface area contributed by atoms with Crippen LogP contribution in [-0.4, -0.2) is 5.11 Å². The summed E-state index contributed by atoms with van der Waals surface area (Å²) in [7, 11) is 0. The van der Waals surface area contributed by atoms with Crippen LogP contribution in [0.25, 0.3) is 0 Å². The molecule has 16 heavy (non-hydrogen) atoms. The van der Waals surface area contributed by atoms with Gasteiger partial charge in [-0.3, -0.25) is 0 Å². The van der Waals surface area contributed by atoms with Crippen LogP contribution in [0.3, 0.4) is 0 Å². The molecular formula is C15H18O. The van der Waals surface area contributed by atoms with Crippen molar-refractivity contribution in [2.45, 2.75) is 38.0 Å². The van der Waals surface area contributed by atoms with Gasteiger partial charge < -0.3 is 5.11 Å². The molecule has 0 heterocycles. The van der Waals surface area contributed by atoms with Gasteiger partial charge in [0.1, 0.15) is 5.75 Å². The van der Waals surface area contributed by atoms with E-state index in [0.29, 0.717) is 16.6 Å². The van der Waals surface area contributed by atoms with E-state index in [1.165, 1.54) is 31.2 Å². The highest BCUT2D eigenvalue weighted by Crippen LogP contribution is 2.84. The van der Waals surface area contributed by atoms with Gasteiger partial charge in [0.05, 0.1) is 0 Å². The van der Waals surface area contributed by atoms with Crippen LogP contribution in [0.15, 0.2) is 24.3 Å². The van der Waals surface area contributed by atoms with Crippen molar-refractivity contribution in [3.05, 3.63) is 29.8 Å². The predicted molar refractivity (Wildman–Crippen MR) is 63.3 cm³/mol. The Hall–Kier alpha value is -0.980. The topological polar surface area (TPSA) is 20.2 Å². The summed E-state index contributed by atoms with van der Waals surface area (Å²) >= 11 is 0. The van der Waals surface area contributed by atoms with Crippen molar-refractivity contribution < 1.29 is 5.11 Å². The summed E-state index contributed by atoms with van der Waals surface area (Å²) in [5, 5.41) is 9.39. The molecule has 0 bridgehead atoms. The van der Waals surface area contributed by atoms with Crippen molar-refractivity contribution in [3.8, 4) is 5.75 Å².